The molecule has 0 heterocycles. The fourth-order valence-electron chi connectivity index (χ4n) is 2.01. The largest absolute Gasteiger partial charge is 0.370 e. The van der Waals surface area contributed by atoms with Gasteiger partial charge in [0, 0.05) is 6.04 Å². The van der Waals surface area contributed by atoms with Crippen LogP contribution in [-0.2, 0) is 0 Å². The van der Waals surface area contributed by atoms with E-state index in [0.29, 0.717) is 18.0 Å². The van der Waals surface area contributed by atoms with Crippen molar-refractivity contribution in [1.29, 1.82) is 0 Å². The Morgan fingerprint density at radius 2 is 2.20 bits per heavy atom. The molecule has 0 aromatic heterocycles. The minimum Gasteiger partial charge on any atom is -0.370 e. The SMILES string of the molecule is C=CCC(C)NC(N)=NC1CCCCC1. The smallest absolute Gasteiger partial charge is 0.189 e. The second-order valence-corrected chi connectivity index (χ2v) is 4.38. The summed E-state index contributed by atoms with van der Waals surface area (Å²) in [6.07, 6.45) is 9.14. The first-order valence-corrected chi connectivity index (χ1v) is 5.93. The molecule has 1 aliphatic rings. The lowest BCUT2D eigenvalue weighted by molar-refractivity contribution is 0.441. The Labute approximate surface area is 92.8 Å². The number of hydrogen-bond acceptors (Lipinski definition) is 1. The molecule has 0 aromatic rings. The van der Waals surface area contributed by atoms with E-state index < -0.39 is 0 Å². The van der Waals surface area contributed by atoms with Crippen LogP contribution >= 0.6 is 0 Å². The predicted octanol–water partition coefficient (Wildman–Crippen LogP) is 2.19. The van der Waals surface area contributed by atoms with E-state index in [9.17, 15) is 0 Å². The molecule has 3 nitrogen and oxygen atoms in total. The van der Waals surface area contributed by atoms with Crippen molar-refractivity contribution >= 4 is 5.96 Å². The van der Waals surface area contributed by atoms with E-state index in [0.717, 1.165) is 6.42 Å². The van der Waals surface area contributed by atoms with Gasteiger partial charge in [-0.15, -0.1) is 6.58 Å². The number of nitrogens with one attached hydrogen (secondary N) is 1. The summed E-state index contributed by atoms with van der Waals surface area (Å²) >= 11 is 0. The Kier molecular flexibility index (Phi) is 5.22. The highest BCUT2D eigenvalue weighted by atomic mass is 15.1. The van der Waals surface area contributed by atoms with Gasteiger partial charge >= 0.3 is 0 Å². The summed E-state index contributed by atoms with van der Waals surface area (Å²) in [4.78, 5) is 4.51. The first-order chi connectivity index (χ1) is 7.22. The van der Waals surface area contributed by atoms with Crippen LogP contribution < -0.4 is 11.1 Å². The summed E-state index contributed by atoms with van der Waals surface area (Å²) < 4.78 is 0. The van der Waals surface area contributed by atoms with Crippen molar-refractivity contribution < 1.29 is 0 Å². The normalized spacial score (nSPS) is 21.0. The van der Waals surface area contributed by atoms with Gasteiger partial charge in [-0.2, -0.15) is 0 Å². The molecule has 0 spiro atoms. The fraction of sp³-hybridized carbons (Fsp3) is 0.750. The second-order valence-electron chi connectivity index (χ2n) is 4.38. The van der Waals surface area contributed by atoms with E-state index in [4.69, 9.17) is 5.73 Å². The predicted molar refractivity (Wildman–Crippen MR) is 65.9 cm³/mol. The molecular weight excluding hydrogens is 186 g/mol. The molecule has 0 saturated heterocycles. The summed E-state index contributed by atoms with van der Waals surface area (Å²) in [5.41, 5.74) is 5.84. The Bertz CT molecular complexity index is 217. The highest BCUT2D eigenvalue weighted by Crippen LogP contribution is 2.19. The maximum Gasteiger partial charge on any atom is 0.189 e. The Balaban J connectivity index is 2.33. The van der Waals surface area contributed by atoms with E-state index in [1.807, 2.05) is 6.08 Å². The van der Waals surface area contributed by atoms with E-state index in [-0.39, 0.29) is 0 Å². The van der Waals surface area contributed by atoms with Crippen LogP contribution in [0.25, 0.3) is 0 Å². The van der Waals surface area contributed by atoms with Crippen LogP contribution in [0.15, 0.2) is 17.6 Å². The molecule has 3 heteroatoms. The maximum atomic E-state index is 5.84. The fourth-order valence-corrected chi connectivity index (χ4v) is 2.01. The molecule has 1 fully saturated rings. The highest BCUT2D eigenvalue weighted by molar-refractivity contribution is 5.78. The van der Waals surface area contributed by atoms with Crippen LogP contribution in [0.3, 0.4) is 0 Å². The third kappa shape index (κ3) is 4.86. The molecule has 1 rings (SSSR count). The van der Waals surface area contributed by atoms with Crippen LogP contribution in [-0.4, -0.2) is 18.0 Å². The van der Waals surface area contributed by atoms with Gasteiger partial charge in [0.15, 0.2) is 5.96 Å². The van der Waals surface area contributed by atoms with Crippen LogP contribution in [0.1, 0.15) is 45.4 Å². The zero-order valence-electron chi connectivity index (χ0n) is 9.71. The van der Waals surface area contributed by atoms with Crippen molar-refractivity contribution in [3.05, 3.63) is 12.7 Å². The van der Waals surface area contributed by atoms with Crippen LogP contribution in [0.4, 0.5) is 0 Å². The van der Waals surface area contributed by atoms with Gasteiger partial charge in [-0.3, -0.25) is 4.99 Å². The lowest BCUT2D eigenvalue weighted by Gasteiger charge is -2.19. The van der Waals surface area contributed by atoms with E-state index in [1.54, 1.807) is 0 Å². The Morgan fingerprint density at radius 1 is 1.53 bits per heavy atom. The molecule has 1 saturated carbocycles. The van der Waals surface area contributed by atoms with Crippen molar-refractivity contribution in [3.8, 4) is 0 Å². The zero-order chi connectivity index (χ0) is 11.1. The minimum absolute atomic E-state index is 0.329. The maximum absolute atomic E-state index is 5.84. The van der Waals surface area contributed by atoms with Gasteiger partial charge < -0.3 is 11.1 Å². The molecule has 86 valence electrons. The molecule has 15 heavy (non-hydrogen) atoms. The molecule has 1 aliphatic carbocycles. The van der Waals surface area contributed by atoms with Crippen LogP contribution in [0.2, 0.25) is 0 Å². The molecule has 0 amide bonds. The number of aliphatic imine (C=N–C) groups is 1. The topological polar surface area (TPSA) is 50.4 Å². The second kappa shape index (κ2) is 6.49. The number of hydrogen-bond donors (Lipinski definition) is 2. The molecule has 0 aromatic carbocycles. The summed E-state index contributed by atoms with van der Waals surface area (Å²) in [7, 11) is 0. The average Bonchev–Trinajstić information content (AvgIpc) is 2.19. The van der Waals surface area contributed by atoms with Gasteiger partial charge in [0.25, 0.3) is 0 Å². The monoisotopic (exact) mass is 209 g/mol. The lowest BCUT2D eigenvalue weighted by atomic mass is 9.96. The Morgan fingerprint density at radius 3 is 2.80 bits per heavy atom. The van der Waals surface area contributed by atoms with Crippen molar-refractivity contribution in [2.24, 2.45) is 10.7 Å². The van der Waals surface area contributed by atoms with Crippen molar-refractivity contribution in [2.75, 3.05) is 0 Å². The van der Waals surface area contributed by atoms with Gasteiger partial charge in [0.2, 0.25) is 0 Å². The van der Waals surface area contributed by atoms with Gasteiger partial charge in [-0.25, -0.2) is 0 Å². The molecule has 0 bridgehead atoms. The van der Waals surface area contributed by atoms with E-state index in [2.05, 4.69) is 23.8 Å². The molecule has 0 radical (unpaired) electrons. The third-order valence-electron chi connectivity index (χ3n) is 2.81. The van der Waals surface area contributed by atoms with Gasteiger partial charge in [-0.05, 0) is 26.2 Å². The minimum atomic E-state index is 0.329. The van der Waals surface area contributed by atoms with Crippen LogP contribution in [0, 0.1) is 0 Å². The lowest BCUT2D eigenvalue weighted by Crippen LogP contribution is -2.39. The number of nitrogens with zero attached hydrogens (tertiary/aromatic N) is 1. The first-order valence-electron chi connectivity index (χ1n) is 5.93. The molecule has 1 atom stereocenters. The van der Waals surface area contributed by atoms with E-state index >= 15 is 0 Å². The molecule has 0 aliphatic heterocycles. The zero-order valence-corrected chi connectivity index (χ0v) is 9.71. The van der Waals surface area contributed by atoms with E-state index in [1.165, 1.54) is 32.1 Å². The number of nitrogens with two attached hydrogens (primary N) is 1. The molecule has 1 unspecified atom stereocenters. The van der Waals surface area contributed by atoms with Crippen LogP contribution in [0.5, 0.6) is 0 Å². The average molecular weight is 209 g/mol. The highest BCUT2D eigenvalue weighted by Gasteiger charge is 2.12. The number of rotatable bonds is 4. The summed E-state index contributed by atoms with van der Waals surface area (Å²) in [6, 6.07) is 0.775. The van der Waals surface area contributed by atoms with Crippen molar-refractivity contribution in [2.45, 2.75) is 57.5 Å². The summed E-state index contributed by atoms with van der Waals surface area (Å²) in [6.45, 7) is 5.79. The Hall–Kier alpha value is -0.990. The van der Waals surface area contributed by atoms with Crippen molar-refractivity contribution in [3.63, 3.8) is 0 Å². The van der Waals surface area contributed by atoms with Gasteiger partial charge in [0.05, 0.1) is 6.04 Å². The first kappa shape index (κ1) is 12.1. The molecule has 3 N–H and O–H groups in total. The van der Waals surface area contributed by atoms with Crippen molar-refractivity contribution in [1.82, 2.24) is 5.32 Å². The standard InChI is InChI=1S/C12H23N3/c1-3-7-10(2)14-12(13)15-11-8-5-4-6-9-11/h3,10-11H,1,4-9H2,2H3,(H3,13,14,15). The molecular formula is C12H23N3. The number of guanidine groups is 1. The van der Waals surface area contributed by atoms with Gasteiger partial charge in [-0.1, -0.05) is 25.3 Å². The van der Waals surface area contributed by atoms with Gasteiger partial charge in [0.1, 0.15) is 0 Å². The quantitative estimate of drug-likeness (QED) is 0.423. The summed E-state index contributed by atoms with van der Waals surface area (Å²) in [5, 5.41) is 3.18. The third-order valence-corrected chi connectivity index (χ3v) is 2.81. The summed E-state index contributed by atoms with van der Waals surface area (Å²) in [5.74, 6) is 0.594.